The molecule has 2 heterocycles. The van der Waals surface area contributed by atoms with Gasteiger partial charge in [-0.25, -0.2) is 4.98 Å². The zero-order valence-electron chi connectivity index (χ0n) is 18.1. The first kappa shape index (κ1) is 21.5. The maximum atomic E-state index is 12.9. The Morgan fingerprint density at radius 2 is 2.00 bits per heavy atom. The zero-order chi connectivity index (χ0) is 21.7. The first-order chi connectivity index (χ1) is 14.3. The average Bonchev–Trinajstić information content (AvgIpc) is 3.41. The third-order valence-corrected chi connectivity index (χ3v) is 4.87. The van der Waals surface area contributed by atoms with Crippen LogP contribution < -0.4 is 10.2 Å². The minimum absolute atomic E-state index is 0.197. The SMILES string of the molecule is CCCCN(C)c1ccc(C(=O)NC(c2nc(-c3ncn[nH]3)no2)C(C)(C)C)cc1. The van der Waals surface area contributed by atoms with Crippen LogP contribution in [0.1, 0.15) is 62.8 Å². The third-order valence-electron chi connectivity index (χ3n) is 4.87. The van der Waals surface area contributed by atoms with Crippen molar-refractivity contribution in [3.8, 4) is 11.6 Å². The number of amides is 1. The Hall–Kier alpha value is -3.23. The molecule has 160 valence electrons. The molecule has 30 heavy (non-hydrogen) atoms. The number of unbranched alkanes of at least 4 members (excludes halogenated alkanes) is 1. The van der Waals surface area contributed by atoms with E-state index >= 15 is 0 Å². The van der Waals surface area contributed by atoms with E-state index in [1.54, 1.807) is 0 Å². The van der Waals surface area contributed by atoms with Crippen LogP contribution in [0.2, 0.25) is 0 Å². The van der Waals surface area contributed by atoms with E-state index in [1.807, 2.05) is 45.0 Å². The van der Waals surface area contributed by atoms with Crippen molar-refractivity contribution in [2.24, 2.45) is 5.41 Å². The summed E-state index contributed by atoms with van der Waals surface area (Å²) in [7, 11) is 2.06. The molecule has 1 atom stereocenters. The molecule has 3 rings (SSSR count). The van der Waals surface area contributed by atoms with Crippen LogP contribution in [0.4, 0.5) is 5.69 Å². The molecule has 0 spiro atoms. The highest BCUT2D eigenvalue weighted by atomic mass is 16.5. The van der Waals surface area contributed by atoms with Crippen LogP contribution in [0.15, 0.2) is 35.1 Å². The Balaban J connectivity index is 1.75. The molecule has 0 radical (unpaired) electrons. The number of benzene rings is 1. The van der Waals surface area contributed by atoms with E-state index in [2.05, 4.69) is 49.5 Å². The van der Waals surface area contributed by atoms with Gasteiger partial charge in [-0.15, -0.1) is 0 Å². The summed E-state index contributed by atoms with van der Waals surface area (Å²) >= 11 is 0. The number of hydrogen-bond acceptors (Lipinski definition) is 7. The molecule has 2 N–H and O–H groups in total. The van der Waals surface area contributed by atoms with Gasteiger partial charge >= 0.3 is 0 Å². The quantitative estimate of drug-likeness (QED) is 0.582. The molecular weight excluding hydrogens is 382 g/mol. The van der Waals surface area contributed by atoms with Gasteiger partial charge in [-0.1, -0.05) is 39.3 Å². The molecule has 1 unspecified atom stereocenters. The second-order valence-corrected chi connectivity index (χ2v) is 8.38. The lowest BCUT2D eigenvalue weighted by molar-refractivity contribution is 0.0881. The summed E-state index contributed by atoms with van der Waals surface area (Å²) in [5.74, 6) is 0.826. The molecular formula is C21H29N7O2. The minimum atomic E-state index is -0.471. The summed E-state index contributed by atoms with van der Waals surface area (Å²) in [6, 6.07) is 7.12. The summed E-state index contributed by atoms with van der Waals surface area (Å²) < 4.78 is 5.43. The topological polar surface area (TPSA) is 113 Å². The van der Waals surface area contributed by atoms with Gasteiger partial charge in [-0.05, 0) is 36.1 Å². The molecule has 0 bridgehead atoms. The highest BCUT2D eigenvalue weighted by Gasteiger charge is 2.33. The Morgan fingerprint density at radius 1 is 1.27 bits per heavy atom. The summed E-state index contributed by atoms with van der Waals surface area (Å²) in [5, 5.41) is 13.5. The van der Waals surface area contributed by atoms with E-state index < -0.39 is 6.04 Å². The number of nitrogens with zero attached hydrogens (tertiary/aromatic N) is 5. The molecule has 0 saturated carbocycles. The number of aromatic nitrogens is 5. The number of carbonyl (C=O) groups excluding carboxylic acids is 1. The van der Waals surface area contributed by atoms with Crippen molar-refractivity contribution in [3.05, 3.63) is 42.0 Å². The second kappa shape index (κ2) is 9.06. The Kier molecular flexibility index (Phi) is 6.49. The fourth-order valence-electron chi connectivity index (χ4n) is 3.02. The average molecular weight is 412 g/mol. The molecule has 3 aromatic rings. The van der Waals surface area contributed by atoms with Crippen LogP contribution in [-0.2, 0) is 0 Å². The zero-order valence-corrected chi connectivity index (χ0v) is 18.1. The Labute approximate surface area is 176 Å². The molecule has 1 aromatic carbocycles. The summed E-state index contributed by atoms with van der Waals surface area (Å²) in [4.78, 5) is 23.5. The number of H-pyrrole nitrogens is 1. The predicted octanol–water partition coefficient (Wildman–Crippen LogP) is 3.61. The molecule has 0 aliphatic carbocycles. The minimum Gasteiger partial charge on any atom is -0.375 e. The lowest BCUT2D eigenvalue weighted by Gasteiger charge is -2.28. The number of anilines is 1. The summed E-state index contributed by atoms with van der Waals surface area (Å²) in [5.41, 5.74) is 1.31. The van der Waals surface area contributed by atoms with E-state index in [1.165, 1.54) is 6.33 Å². The highest BCUT2D eigenvalue weighted by molar-refractivity contribution is 5.94. The lowest BCUT2D eigenvalue weighted by atomic mass is 9.86. The smallest absolute Gasteiger partial charge is 0.251 e. The molecule has 0 fully saturated rings. The van der Waals surface area contributed by atoms with E-state index in [-0.39, 0.29) is 11.3 Å². The van der Waals surface area contributed by atoms with Crippen molar-refractivity contribution in [1.29, 1.82) is 0 Å². The van der Waals surface area contributed by atoms with Crippen molar-refractivity contribution in [1.82, 2.24) is 30.6 Å². The molecule has 9 nitrogen and oxygen atoms in total. The van der Waals surface area contributed by atoms with E-state index in [0.29, 0.717) is 23.1 Å². The number of aromatic amines is 1. The van der Waals surface area contributed by atoms with Crippen molar-refractivity contribution in [2.45, 2.75) is 46.6 Å². The Bertz CT molecular complexity index is 943. The van der Waals surface area contributed by atoms with Gasteiger partial charge in [0.2, 0.25) is 11.7 Å². The maximum Gasteiger partial charge on any atom is 0.251 e. The van der Waals surface area contributed by atoms with Gasteiger partial charge in [-0.3, -0.25) is 9.89 Å². The third kappa shape index (κ3) is 5.03. The van der Waals surface area contributed by atoms with E-state index in [0.717, 1.165) is 25.1 Å². The largest absolute Gasteiger partial charge is 0.375 e. The van der Waals surface area contributed by atoms with E-state index in [4.69, 9.17) is 4.52 Å². The normalized spacial score (nSPS) is 12.6. The molecule has 2 aromatic heterocycles. The van der Waals surface area contributed by atoms with Crippen molar-refractivity contribution >= 4 is 11.6 Å². The number of hydrogen-bond donors (Lipinski definition) is 2. The fourth-order valence-corrected chi connectivity index (χ4v) is 3.02. The molecule has 0 saturated heterocycles. The predicted molar refractivity (Wildman–Crippen MR) is 114 cm³/mol. The molecule has 1 amide bonds. The first-order valence-corrected chi connectivity index (χ1v) is 10.1. The molecule has 0 aliphatic heterocycles. The van der Waals surface area contributed by atoms with Crippen molar-refractivity contribution in [3.63, 3.8) is 0 Å². The fraction of sp³-hybridized carbons (Fsp3) is 0.476. The van der Waals surface area contributed by atoms with E-state index in [9.17, 15) is 4.79 Å². The van der Waals surface area contributed by atoms with Crippen molar-refractivity contribution in [2.75, 3.05) is 18.5 Å². The van der Waals surface area contributed by atoms with Gasteiger partial charge in [0.05, 0.1) is 0 Å². The standard InChI is InChI=1S/C21H29N7O2/c1-6-7-12-28(5)15-10-8-14(9-11-15)19(29)24-16(21(2,3)4)20-25-18(27-30-20)17-22-13-23-26-17/h8-11,13,16H,6-7,12H2,1-5H3,(H,24,29)(H,22,23,26). The second-order valence-electron chi connectivity index (χ2n) is 8.38. The van der Waals surface area contributed by atoms with Gasteiger partial charge in [0.15, 0.2) is 5.82 Å². The number of carbonyl (C=O) groups is 1. The van der Waals surface area contributed by atoms with Crippen molar-refractivity contribution < 1.29 is 9.32 Å². The summed E-state index contributed by atoms with van der Waals surface area (Å²) in [6.07, 6.45) is 3.65. The van der Waals surface area contributed by atoms with Crippen LogP contribution in [0.5, 0.6) is 0 Å². The van der Waals surface area contributed by atoms with Crippen LogP contribution in [0.3, 0.4) is 0 Å². The highest BCUT2D eigenvalue weighted by Crippen LogP contribution is 2.33. The first-order valence-electron chi connectivity index (χ1n) is 10.1. The van der Waals surface area contributed by atoms with Crippen LogP contribution in [-0.4, -0.2) is 44.8 Å². The van der Waals surface area contributed by atoms with Gasteiger partial charge in [0.1, 0.15) is 12.4 Å². The van der Waals surface area contributed by atoms with Gasteiger partial charge < -0.3 is 14.7 Å². The van der Waals surface area contributed by atoms with Gasteiger partial charge in [0, 0.05) is 24.8 Å². The van der Waals surface area contributed by atoms with Gasteiger partial charge in [-0.2, -0.15) is 10.1 Å². The van der Waals surface area contributed by atoms with Crippen LogP contribution >= 0.6 is 0 Å². The Morgan fingerprint density at radius 3 is 2.60 bits per heavy atom. The lowest BCUT2D eigenvalue weighted by Crippen LogP contribution is -2.37. The molecule has 0 aliphatic rings. The number of nitrogens with one attached hydrogen (secondary N) is 2. The monoisotopic (exact) mass is 411 g/mol. The van der Waals surface area contributed by atoms with Crippen LogP contribution in [0.25, 0.3) is 11.6 Å². The van der Waals surface area contributed by atoms with Gasteiger partial charge in [0.25, 0.3) is 5.91 Å². The number of rotatable bonds is 8. The van der Waals surface area contributed by atoms with Crippen LogP contribution in [0, 0.1) is 5.41 Å². The maximum absolute atomic E-state index is 12.9. The summed E-state index contributed by atoms with van der Waals surface area (Å²) in [6.45, 7) is 9.16. The molecule has 9 heteroatoms.